The molecule has 1 aliphatic rings. The molecule has 1 aliphatic heterocycles. The number of thiazole rings is 1. The van der Waals surface area contributed by atoms with Crippen molar-refractivity contribution in [2.24, 2.45) is 0 Å². The standard InChI is InChI=1S/C28H23IN2O5S/c1-3-35-19-7-5-6-17(14-19)25(32)23-24(16-8-10-18(29)11-9-16)31(27(34)26(23)33)28-30-21-13-12-20(36-4-2)15-22(21)37-28/h5-15,24,32H,3-4H2,1-2H3/b25-23+. The average molecular weight is 626 g/mol. The molecule has 0 saturated carbocycles. The molecule has 3 aromatic carbocycles. The highest BCUT2D eigenvalue weighted by Crippen LogP contribution is 2.44. The molecule has 1 N–H and O–H groups in total. The zero-order chi connectivity index (χ0) is 26.1. The van der Waals surface area contributed by atoms with Crippen LogP contribution in [-0.4, -0.2) is 35.0 Å². The lowest BCUT2D eigenvalue weighted by molar-refractivity contribution is -0.132. The third kappa shape index (κ3) is 4.80. The van der Waals surface area contributed by atoms with Gasteiger partial charge in [-0.05, 0) is 84.5 Å². The van der Waals surface area contributed by atoms with Crippen molar-refractivity contribution in [3.8, 4) is 11.5 Å². The number of nitrogens with zero attached hydrogens (tertiary/aromatic N) is 2. The van der Waals surface area contributed by atoms with Crippen molar-refractivity contribution < 1.29 is 24.2 Å². The van der Waals surface area contributed by atoms with E-state index >= 15 is 0 Å². The molecule has 37 heavy (non-hydrogen) atoms. The van der Waals surface area contributed by atoms with E-state index in [-0.39, 0.29) is 11.3 Å². The zero-order valence-electron chi connectivity index (χ0n) is 20.1. The largest absolute Gasteiger partial charge is 0.507 e. The summed E-state index contributed by atoms with van der Waals surface area (Å²) in [5.41, 5.74) is 1.78. The number of halogens is 1. The number of ether oxygens (including phenoxy) is 2. The van der Waals surface area contributed by atoms with Crippen molar-refractivity contribution in [2.75, 3.05) is 18.1 Å². The molecule has 1 fully saturated rings. The highest BCUT2D eigenvalue weighted by Gasteiger charge is 2.48. The van der Waals surface area contributed by atoms with Gasteiger partial charge in [0.2, 0.25) is 0 Å². The number of hydrogen-bond acceptors (Lipinski definition) is 7. The second-order valence-electron chi connectivity index (χ2n) is 8.24. The summed E-state index contributed by atoms with van der Waals surface area (Å²) in [6.07, 6.45) is 0. The third-order valence-electron chi connectivity index (χ3n) is 5.91. The fourth-order valence-electron chi connectivity index (χ4n) is 4.30. The van der Waals surface area contributed by atoms with Gasteiger partial charge in [0.05, 0.1) is 35.0 Å². The van der Waals surface area contributed by atoms with Crippen LogP contribution in [0.3, 0.4) is 0 Å². The molecule has 7 nitrogen and oxygen atoms in total. The van der Waals surface area contributed by atoms with Crippen LogP contribution >= 0.6 is 33.9 Å². The summed E-state index contributed by atoms with van der Waals surface area (Å²) >= 11 is 3.49. The molecule has 0 radical (unpaired) electrons. The van der Waals surface area contributed by atoms with E-state index in [0.717, 1.165) is 8.27 Å². The monoisotopic (exact) mass is 626 g/mol. The summed E-state index contributed by atoms with van der Waals surface area (Å²) in [6.45, 7) is 4.76. The van der Waals surface area contributed by atoms with Gasteiger partial charge in [-0.25, -0.2) is 4.98 Å². The van der Waals surface area contributed by atoms with Crippen molar-refractivity contribution in [1.29, 1.82) is 0 Å². The number of hydrogen-bond donors (Lipinski definition) is 1. The van der Waals surface area contributed by atoms with E-state index in [4.69, 9.17) is 9.47 Å². The Morgan fingerprint density at radius 2 is 1.70 bits per heavy atom. The van der Waals surface area contributed by atoms with Crippen LogP contribution in [-0.2, 0) is 9.59 Å². The topological polar surface area (TPSA) is 89.0 Å². The Hall–Kier alpha value is -3.44. The maximum atomic E-state index is 13.5. The summed E-state index contributed by atoms with van der Waals surface area (Å²) < 4.78 is 13.0. The predicted molar refractivity (Wildman–Crippen MR) is 152 cm³/mol. The molecule has 5 rings (SSSR count). The first-order valence-electron chi connectivity index (χ1n) is 11.7. The Balaban J connectivity index is 1.68. The predicted octanol–water partition coefficient (Wildman–Crippen LogP) is 6.32. The molecular weight excluding hydrogens is 603 g/mol. The van der Waals surface area contributed by atoms with Crippen molar-refractivity contribution in [2.45, 2.75) is 19.9 Å². The molecule has 1 atom stereocenters. The number of carbonyl (C=O) groups is 2. The van der Waals surface area contributed by atoms with Crippen LogP contribution in [0.15, 0.2) is 72.3 Å². The van der Waals surface area contributed by atoms with Crippen molar-refractivity contribution in [1.82, 2.24) is 4.98 Å². The minimum Gasteiger partial charge on any atom is -0.507 e. The van der Waals surface area contributed by atoms with E-state index < -0.39 is 17.7 Å². The molecule has 1 unspecified atom stereocenters. The molecule has 0 spiro atoms. The number of aromatic nitrogens is 1. The molecule has 188 valence electrons. The van der Waals surface area contributed by atoms with Gasteiger partial charge >= 0.3 is 5.91 Å². The number of aliphatic hydroxyl groups excluding tert-OH is 1. The zero-order valence-corrected chi connectivity index (χ0v) is 23.1. The molecular formula is C28H23IN2O5S. The van der Waals surface area contributed by atoms with Crippen molar-refractivity contribution in [3.63, 3.8) is 0 Å². The van der Waals surface area contributed by atoms with Crippen molar-refractivity contribution in [3.05, 3.63) is 87.0 Å². The fourth-order valence-corrected chi connectivity index (χ4v) is 5.68. The maximum Gasteiger partial charge on any atom is 0.301 e. The Morgan fingerprint density at radius 3 is 2.41 bits per heavy atom. The smallest absolute Gasteiger partial charge is 0.301 e. The second kappa shape index (κ2) is 10.5. The molecule has 2 heterocycles. The first kappa shape index (κ1) is 25.2. The third-order valence-corrected chi connectivity index (χ3v) is 7.65. The number of benzene rings is 3. The number of anilines is 1. The van der Waals surface area contributed by atoms with E-state index in [1.807, 2.05) is 56.3 Å². The van der Waals surface area contributed by atoms with Gasteiger partial charge in [0.15, 0.2) is 5.13 Å². The highest BCUT2D eigenvalue weighted by atomic mass is 127. The number of ketones is 1. The van der Waals surface area contributed by atoms with Crippen LogP contribution in [0.5, 0.6) is 11.5 Å². The summed E-state index contributed by atoms with van der Waals surface area (Å²) in [5.74, 6) is -0.503. The number of rotatable bonds is 7. The number of carbonyl (C=O) groups excluding carboxylic acids is 2. The SMILES string of the molecule is CCOc1cccc(/C(O)=C2\C(=O)C(=O)N(c3nc4ccc(OCC)cc4s3)C2c2ccc(I)cc2)c1. The Labute approximate surface area is 231 Å². The van der Waals surface area contributed by atoms with E-state index in [1.54, 1.807) is 24.3 Å². The van der Waals surface area contributed by atoms with E-state index in [1.165, 1.54) is 16.2 Å². The van der Waals surface area contributed by atoms with Gasteiger partial charge < -0.3 is 14.6 Å². The summed E-state index contributed by atoms with van der Waals surface area (Å²) in [4.78, 5) is 33.0. The van der Waals surface area contributed by atoms with Crippen LogP contribution in [0.2, 0.25) is 0 Å². The van der Waals surface area contributed by atoms with Gasteiger partial charge in [0.25, 0.3) is 5.78 Å². The molecule has 1 amide bonds. The summed E-state index contributed by atoms with van der Waals surface area (Å²) in [6, 6.07) is 19.0. The molecule has 9 heteroatoms. The van der Waals surface area contributed by atoms with Crippen molar-refractivity contribution >= 4 is 66.7 Å². The normalized spacial score (nSPS) is 16.9. The van der Waals surface area contributed by atoms with Crippen LogP contribution < -0.4 is 14.4 Å². The van der Waals surface area contributed by atoms with Crippen LogP contribution in [0.25, 0.3) is 16.0 Å². The Kier molecular flexibility index (Phi) is 7.16. The van der Waals surface area contributed by atoms with Crippen LogP contribution in [0.1, 0.15) is 31.0 Å². The average Bonchev–Trinajstić information content (AvgIpc) is 3.42. The first-order chi connectivity index (χ1) is 17.9. The van der Waals surface area contributed by atoms with E-state index in [9.17, 15) is 14.7 Å². The minimum atomic E-state index is -0.848. The lowest BCUT2D eigenvalue weighted by Gasteiger charge is -2.23. The number of Topliss-reactive ketones (excluding diaryl/α,β-unsaturated/α-hetero) is 1. The second-order valence-corrected chi connectivity index (χ2v) is 10.5. The van der Waals surface area contributed by atoms with Gasteiger partial charge in [0.1, 0.15) is 17.3 Å². The van der Waals surface area contributed by atoms with Gasteiger partial charge in [-0.15, -0.1) is 0 Å². The first-order valence-corrected chi connectivity index (χ1v) is 13.6. The number of aliphatic hydroxyl groups is 1. The molecule has 0 bridgehead atoms. The lowest BCUT2D eigenvalue weighted by Crippen LogP contribution is -2.29. The summed E-state index contributed by atoms with van der Waals surface area (Å²) in [5, 5.41) is 11.7. The van der Waals surface area contributed by atoms with Gasteiger partial charge in [-0.2, -0.15) is 0 Å². The maximum absolute atomic E-state index is 13.5. The molecule has 1 aromatic heterocycles. The Morgan fingerprint density at radius 1 is 1.00 bits per heavy atom. The summed E-state index contributed by atoms with van der Waals surface area (Å²) in [7, 11) is 0. The quantitative estimate of drug-likeness (QED) is 0.112. The fraction of sp³-hybridized carbons (Fsp3) is 0.179. The minimum absolute atomic E-state index is 0.00844. The number of amides is 1. The number of fused-ring (bicyclic) bond motifs is 1. The lowest BCUT2D eigenvalue weighted by atomic mass is 9.95. The molecule has 1 saturated heterocycles. The van der Waals surface area contributed by atoms with Crippen LogP contribution in [0, 0.1) is 3.57 Å². The van der Waals surface area contributed by atoms with E-state index in [2.05, 4.69) is 27.6 Å². The van der Waals surface area contributed by atoms with Gasteiger partial charge in [-0.3, -0.25) is 14.5 Å². The van der Waals surface area contributed by atoms with Gasteiger partial charge in [-0.1, -0.05) is 35.6 Å². The van der Waals surface area contributed by atoms with E-state index in [0.29, 0.717) is 46.5 Å². The molecule has 4 aromatic rings. The van der Waals surface area contributed by atoms with Crippen LogP contribution in [0.4, 0.5) is 5.13 Å². The molecule has 0 aliphatic carbocycles. The van der Waals surface area contributed by atoms with Gasteiger partial charge in [0, 0.05) is 9.13 Å². The Bertz CT molecular complexity index is 1530. The highest BCUT2D eigenvalue weighted by molar-refractivity contribution is 14.1.